The number of aliphatic hydroxyl groups is 1. The highest BCUT2D eigenvalue weighted by Gasteiger charge is 2.09. The lowest BCUT2D eigenvalue weighted by Gasteiger charge is -2.10. The summed E-state index contributed by atoms with van der Waals surface area (Å²) in [6, 6.07) is 0. The van der Waals surface area contributed by atoms with Gasteiger partial charge < -0.3 is 10.4 Å². The van der Waals surface area contributed by atoms with Crippen LogP contribution in [0.15, 0.2) is 0 Å². The number of amides is 1. The summed E-state index contributed by atoms with van der Waals surface area (Å²) in [4.78, 5) is 11.1. The van der Waals surface area contributed by atoms with Gasteiger partial charge in [0.25, 0.3) is 0 Å². The van der Waals surface area contributed by atoms with Gasteiger partial charge in [-0.05, 0) is 13.3 Å². The SMILES string of the molecule is CCC(C)C(=O)NCC(C)O. The van der Waals surface area contributed by atoms with Crippen molar-refractivity contribution in [2.45, 2.75) is 33.3 Å². The fraction of sp³-hybridized carbons (Fsp3) is 0.875. The van der Waals surface area contributed by atoms with Crippen LogP contribution in [-0.2, 0) is 4.79 Å². The first-order valence-corrected chi connectivity index (χ1v) is 4.03. The first-order chi connectivity index (χ1) is 5.07. The zero-order valence-corrected chi connectivity index (χ0v) is 7.42. The molecule has 0 aliphatic heterocycles. The van der Waals surface area contributed by atoms with E-state index in [1.165, 1.54) is 0 Å². The summed E-state index contributed by atoms with van der Waals surface area (Å²) in [7, 11) is 0. The highest BCUT2D eigenvalue weighted by molar-refractivity contribution is 5.78. The average molecular weight is 159 g/mol. The maximum absolute atomic E-state index is 11.1. The van der Waals surface area contributed by atoms with Crippen molar-refractivity contribution in [2.24, 2.45) is 5.92 Å². The third kappa shape index (κ3) is 4.79. The van der Waals surface area contributed by atoms with Crippen LogP contribution in [-0.4, -0.2) is 23.7 Å². The fourth-order valence-electron chi connectivity index (χ4n) is 0.608. The zero-order valence-electron chi connectivity index (χ0n) is 7.42. The maximum Gasteiger partial charge on any atom is 0.222 e. The number of aliphatic hydroxyl groups excluding tert-OH is 1. The summed E-state index contributed by atoms with van der Waals surface area (Å²) < 4.78 is 0. The second kappa shape index (κ2) is 5.13. The Morgan fingerprint density at radius 1 is 1.55 bits per heavy atom. The molecular formula is C8H17NO2. The Bertz CT molecular complexity index is 123. The Morgan fingerprint density at radius 2 is 2.09 bits per heavy atom. The van der Waals surface area contributed by atoms with E-state index in [1.54, 1.807) is 6.92 Å². The van der Waals surface area contributed by atoms with E-state index in [2.05, 4.69) is 5.32 Å². The molecule has 3 nitrogen and oxygen atoms in total. The van der Waals surface area contributed by atoms with E-state index in [4.69, 9.17) is 5.11 Å². The van der Waals surface area contributed by atoms with E-state index in [1.807, 2.05) is 13.8 Å². The molecule has 2 atom stereocenters. The van der Waals surface area contributed by atoms with E-state index in [-0.39, 0.29) is 11.8 Å². The Kier molecular flexibility index (Phi) is 4.86. The minimum atomic E-state index is -0.456. The summed E-state index contributed by atoms with van der Waals surface area (Å²) >= 11 is 0. The summed E-state index contributed by atoms with van der Waals surface area (Å²) in [5.41, 5.74) is 0. The molecule has 0 fully saturated rings. The van der Waals surface area contributed by atoms with Crippen LogP contribution in [0.4, 0.5) is 0 Å². The van der Waals surface area contributed by atoms with Crippen molar-refractivity contribution >= 4 is 5.91 Å². The Labute approximate surface area is 67.8 Å². The number of rotatable bonds is 4. The highest BCUT2D eigenvalue weighted by Crippen LogP contribution is 1.99. The molecule has 0 rings (SSSR count). The topological polar surface area (TPSA) is 49.3 Å². The summed E-state index contributed by atoms with van der Waals surface area (Å²) in [5.74, 6) is 0.0714. The third-order valence-corrected chi connectivity index (χ3v) is 1.63. The van der Waals surface area contributed by atoms with Crippen LogP contribution < -0.4 is 5.32 Å². The van der Waals surface area contributed by atoms with Crippen molar-refractivity contribution in [3.63, 3.8) is 0 Å². The van der Waals surface area contributed by atoms with E-state index >= 15 is 0 Å². The Hall–Kier alpha value is -0.570. The minimum absolute atomic E-state index is 0.0217. The molecule has 0 radical (unpaired) electrons. The molecule has 0 saturated heterocycles. The molecule has 0 aliphatic rings. The first-order valence-electron chi connectivity index (χ1n) is 4.03. The lowest BCUT2D eigenvalue weighted by Crippen LogP contribution is -2.34. The van der Waals surface area contributed by atoms with Crippen LogP contribution in [0, 0.1) is 5.92 Å². The van der Waals surface area contributed by atoms with E-state index < -0.39 is 6.10 Å². The second-order valence-corrected chi connectivity index (χ2v) is 2.90. The molecule has 0 aromatic heterocycles. The smallest absolute Gasteiger partial charge is 0.222 e. The lowest BCUT2D eigenvalue weighted by molar-refractivity contribution is -0.124. The molecule has 0 aromatic carbocycles. The largest absolute Gasteiger partial charge is 0.392 e. The quantitative estimate of drug-likeness (QED) is 0.628. The van der Waals surface area contributed by atoms with Gasteiger partial charge in [0.05, 0.1) is 6.10 Å². The molecule has 0 aromatic rings. The van der Waals surface area contributed by atoms with Gasteiger partial charge in [0.2, 0.25) is 5.91 Å². The number of nitrogens with one attached hydrogen (secondary N) is 1. The summed E-state index contributed by atoms with van der Waals surface area (Å²) in [6.07, 6.45) is 0.383. The standard InChI is InChI=1S/C8H17NO2/c1-4-6(2)8(11)9-5-7(3)10/h6-7,10H,4-5H2,1-3H3,(H,9,11). The minimum Gasteiger partial charge on any atom is -0.392 e. The van der Waals surface area contributed by atoms with E-state index in [0.717, 1.165) is 6.42 Å². The van der Waals surface area contributed by atoms with Crippen LogP contribution in [0.2, 0.25) is 0 Å². The van der Waals surface area contributed by atoms with Gasteiger partial charge in [-0.1, -0.05) is 13.8 Å². The summed E-state index contributed by atoms with van der Waals surface area (Å²) in [6.45, 7) is 5.84. The second-order valence-electron chi connectivity index (χ2n) is 2.90. The zero-order chi connectivity index (χ0) is 8.85. The van der Waals surface area contributed by atoms with Crippen LogP contribution in [0.5, 0.6) is 0 Å². The molecule has 0 aliphatic carbocycles. The normalized spacial score (nSPS) is 15.6. The first kappa shape index (κ1) is 10.4. The molecule has 0 bridgehead atoms. The average Bonchev–Trinajstić information content (AvgIpc) is 1.98. The maximum atomic E-state index is 11.1. The molecule has 2 unspecified atom stereocenters. The van der Waals surface area contributed by atoms with Gasteiger partial charge in [-0.2, -0.15) is 0 Å². The predicted molar refractivity (Wildman–Crippen MR) is 44.1 cm³/mol. The molecule has 0 spiro atoms. The predicted octanol–water partition coefficient (Wildman–Crippen LogP) is 0.529. The molecule has 0 heterocycles. The van der Waals surface area contributed by atoms with Gasteiger partial charge in [-0.15, -0.1) is 0 Å². The fourth-order valence-corrected chi connectivity index (χ4v) is 0.608. The van der Waals surface area contributed by atoms with Gasteiger partial charge in [-0.3, -0.25) is 4.79 Å². The van der Waals surface area contributed by atoms with Gasteiger partial charge in [0, 0.05) is 12.5 Å². The van der Waals surface area contributed by atoms with Gasteiger partial charge in [-0.25, -0.2) is 0 Å². The van der Waals surface area contributed by atoms with E-state index in [0.29, 0.717) is 6.54 Å². The third-order valence-electron chi connectivity index (χ3n) is 1.63. The molecule has 11 heavy (non-hydrogen) atoms. The monoisotopic (exact) mass is 159 g/mol. The number of hydrogen-bond acceptors (Lipinski definition) is 2. The molecule has 0 saturated carbocycles. The molecule has 2 N–H and O–H groups in total. The van der Waals surface area contributed by atoms with Gasteiger partial charge in [0.15, 0.2) is 0 Å². The molecule has 1 amide bonds. The number of carbonyl (C=O) groups excluding carboxylic acids is 1. The highest BCUT2D eigenvalue weighted by atomic mass is 16.3. The Balaban J connectivity index is 3.52. The van der Waals surface area contributed by atoms with Gasteiger partial charge >= 0.3 is 0 Å². The lowest BCUT2D eigenvalue weighted by atomic mass is 10.1. The van der Waals surface area contributed by atoms with Crippen LogP contribution >= 0.6 is 0 Å². The van der Waals surface area contributed by atoms with Crippen molar-refractivity contribution in [3.05, 3.63) is 0 Å². The van der Waals surface area contributed by atoms with E-state index in [9.17, 15) is 4.79 Å². The Morgan fingerprint density at radius 3 is 2.45 bits per heavy atom. The van der Waals surface area contributed by atoms with Crippen molar-refractivity contribution < 1.29 is 9.90 Å². The van der Waals surface area contributed by atoms with Crippen molar-refractivity contribution in [3.8, 4) is 0 Å². The van der Waals surface area contributed by atoms with Crippen LogP contribution in [0.3, 0.4) is 0 Å². The van der Waals surface area contributed by atoms with Crippen molar-refractivity contribution in [2.75, 3.05) is 6.54 Å². The number of hydrogen-bond donors (Lipinski definition) is 2. The molecule has 66 valence electrons. The molecule has 3 heteroatoms. The van der Waals surface area contributed by atoms with Gasteiger partial charge in [0.1, 0.15) is 0 Å². The number of carbonyl (C=O) groups is 1. The summed E-state index contributed by atoms with van der Waals surface area (Å²) in [5, 5.41) is 11.5. The molecular weight excluding hydrogens is 142 g/mol. The van der Waals surface area contributed by atoms with Crippen molar-refractivity contribution in [1.82, 2.24) is 5.32 Å². The van der Waals surface area contributed by atoms with Crippen LogP contribution in [0.25, 0.3) is 0 Å². The van der Waals surface area contributed by atoms with Crippen LogP contribution in [0.1, 0.15) is 27.2 Å². The van der Waals surface area contributed by atoms with Crippen molar-refractivity contribution in [1.29, 1.82) is 0 Å².